The maximum absolute atomic E-state index is 12.4. The molecule has 0 radical (unpaired) electrons. The highest BCUT2D eigenvalue weighted by atomic mass is 16.5. The van der Waals surface area contributed by atoms with Gasteiger partial charge in [-0.15, -0.1) is 0 Å². The Kier molecular flexibility index (Phi) is 5.47. The number of piperazine rings is 1. The van der Waals surface area contributed by atoms with E-state index in [9.17, 15) is 14.7 Å². The van der Waals surface area contributed by atoms with Gasteiger partial charge in [0.2, 0.25) is 11.8 Å². The highest BCUT2D eigenvalue weighted by Gasteiger charge is 2.54. The summed E-state index contributed by atoms with van der Waals surface area (Å²) in [5.74, 6) is 6.86. The van der Waals surface area contributed by atoms with Crippen LogP contribution in [0.3, 0.4) is 0 Å². The van der Waals surface area contributed by atoms with Crippen molar-refractivity contribution in [1.29, 1.82) is 0 Å². The van der Waals surface area contributed by atoms with E-state index in [1.165, 1.54) is 6.92 Å². The van der Waals surface area contributed by atoms with Crippen LogP contribution >= 0.6 is 0 Å². The van der Waals surface area contributed by atoms with Crippen molar-refractivity contribution >= 4 is 11.8 Å². The van der Waals surface area contributed by atoms with Crippen molar-refractivity contribution in [3.63, 3.8) is 0 Å². The lowest BCUT2D eigenvalue weighted by Crippen LogP contribution is -2.73. The Bertz CT molecular complexity index is 1020. The summed E-state index contributed by atoms with van der Waals surface area (Å²) < 4.78 is 5.22. The Morgan fingerprint density at radius 1 is 1.17 bits per heavy atom. The van der Waals surface area contributed by atoms with E-state index in [1.54, 1.807) is 16.9 Å². The molecule has 2 fully saturated rings. The van der Waals surface area contributed by atoms with Gasteiger partial charge in [0.1, 0.15) is 5.75 Å². The number of hydrogen-bond donors (Lipinski definition) is 1. The third kappa shape index (κ3) is 3.64. The molecule has 0 aliphatic carbocycles. The molecule has 6 heteroatoms. The Balaban J connectivity index is 1.53. The van der Waals surface area contributed by atoms with Gasteiger partial charge in [-0.25, -0.2) is 0 Å². The quantitative estimate of drug-likeness (QED) is 0.790. The molecule has 0 bridgehead atoms. The minimum Gasteiger partial charge on any atom is -0.497 e. The van der Waals surface area contributed by atoms with Crippen molar-refractivity contribution in [2.45, 2.75) is 24.9 Å². The van der Waals surface area contributed by atoms with Gasteiger partial charge >= 0.3 is 0 Å². The molecular weight excluding hydrogens is 380 g/mol. The van der Waals surface area contributed by atoms with Crippen molar-refractivity contribution in [1.82, 2.24) is 9.80 Å². The fourth-order valence-electron chi connectivity index (χ4n) is 4.37. The van der Waals surface area contributed by atoms with Crippen LogP contribution in [0.1, 0.15) is 29.5 Å². The topological polar surface area (TPSA) is 70.1 Å². The second-order valence-electron chi connectivity index (χ2n) is 7.65. The fourth-order valence-corrected chi connectivity index (χ4v) is 4.37. The van der Waals surface area contributed by atoms with Crippen LogP contribution in [0.2, 0.25) is 0 Å². The van der Waals surface area contributed by atoms with Crippen molar-refractivity contribution in [2.75, 3.05) is 26.8 Å². The lowest BCUT2D eigenvalue weighted by atomic mass is 9.73. The molecule has 2 aromatic rings. The number of hydrogen-bond acceptors (Lipinski definition) is 4. The van der Waals surface area contributed by atoms with Crippen LogP contribution < -0.4 is 4.74 Å². The molecule has 2 amide bonds. The molecule has 2 aromatic carbocycles. The molecule has 2 saturated heterocycles. The number of carbonyl (C=O) groups is 2. The molecule has 1 N–H and O–H groups in total. The largest absolute Gasteiger partial charge is 0.497 e. The number of aliphatic hydroxyl groups is 1. The Morgan fingerprint density at radius 2 is 1.90 bits per heavy atom. The molecule has 2 aliphatic heterocycles. The first kappa shape index (κ1) is 20.0. The summed E-state index contributed by atoms with van der Waals surface area (Å²) in [5, 5.41) is 9.85. The van der Waals surface area contributed by atoms with Gasteiger partial charge in [0, 0.05) is 30.5 Å². The standard InChI is InChI=1S/C24H24N2O4/c1-16(28)25-13-21-24(22(15-27)26(21)23(29)14-25)19-10-8-17(9-11-19)6-7-18-4-3-5-20(12-18)30-2/h3-5,8-12,21-22,24,27H,13-15H2,1-2H3/t21-,22-,24-/m1/s1. The predicted octanol–water partition coefficient (Wildman–Crippen LogP) is 1.61. The molecule has 2 aliphatic rings. The van der Waals surface area contributed by atoms with E-state index < -0.39 is 0 Å². The normalized spacial score (nSPS) is 22.5. The third-order valence-electron chi connectivity index (χ3n) is 5.91. The van der Waals surface area contributed by atoms with E-state index in [-0.39, 0.29) is 43.0 Å². The van der Waals surface area contributed by atoms with E-state index in [0.29, 0.717) is 6.54 Å². The Hall–Kier alpha value is -3.30. The number of rotatable bonds is 3. The Morgan fingerprint density at radius 3 is 2.57 bits per heavy atom. The van der Waals surface area contributed by atoms with E-state index >= 15 is 0 Å². The Labute approximate surface area is 176 Å². The van der Waals surface area contributed by atoms with Crippen molar-refractivity contribution in [3.05, 3.63) is 65.2 Å². The van der Waals surface area contributed by atoms with Crippen LogP contribution in [-0.2, 0) is 9.59 Å². The average Bonchev–Trinajstić information content (AvgIpc) is 2.74. The monoisotopic (exact) mass is 404 g/mol. The van der Waals surface area contributed by atoms with Crippen molar-refractivity contribution in [3.8, 4) is 17.6 Å². The van der Waals surface area contributed by atoms with Crippen LogP contribution in [-0.4, -0.2) is 65.6 Å². The third-order valence-corrected chi connectivity index (χ3v) is 5.91. The van der Waals surface area contributed by atoms with Gasteiger partial charge in [0.25, 0.3) is 0 Å². The number of ether oxygens (including phenoxy) is 1. The minimum absolute atomic E-state index is 0.00138. The number of nitrogens with zero attached hydrogens (tertiary/aromatic N) is 2. The molecule has 2 heterocycles. The second kappa shape index (κ2) is 8.21. The molecule has 0 spiro atoms. The number of methoxy groups -OCH3 is 1. The van der Waals surface area contributed by atoms with Crippen molar-refractivity contribution in [2.24, 2.45) is 0 Å². The molecular formula is C24H24N2O4. The predicted molar refractivity (Wildman–Crippen MR) is 112 cm³/mol. The summed E-state index contributed by atoms with van der Waals surface area (Å²) in [7, 11) is 1.63. The van der Waals surface area contributed by atoms with Crippen LogP contribution in [0.15, 0.2) is 48.5 Å². The van der Waals surface area contributed by atoms with Crippen LogP contribution in [0.5, 0.6) is 5.75 Å². The van der Waals surface area contributed by atoms with Gasteiger partial charge in [-0.1, -0.05) is 30.0 Å². The lowest BCUT2D eigenvalue weighted by molar-refractivity contribution is -0.166. The molecule has 3 atom stereocenters. The number of carbonyl (C=O) groups excluding carboxylic acids is 2. The first-order valence-electron chi connectivity index (χ1n) is 9.95. The molecule has 0 saturated carbocycles. The van der Waals surface area contributed by atoms with Gasteiger partial charge < -0.3 is 19.6 Å². The molecule has 6 nitrogen and oxygen atoms in total. The zero-order valence-corrected chi connectivity index (χ0v) is 17.0. The lowest BCUT2D eigenvalue weighted by Gasteiger charge is -2.58. The van der Waals surface area contributed by atoms with E-state index in [2.05, 4.69) is 11.8 Å². The maximum Gasteiger partial charge on any atom is 0.242 e. The highest BCUT2D eigenvalue weighted by Crippen LogP contribution is 2.42. The van der Waals surface area contributed by atoms with Crippen molar-refractivity contribution < 1.29 is 19.4 Å². The average molecular weight is 404 g/mol. The maximum atomic E-state index is 12.4. The summed E-state index contributed by atoms with van der Waals surface area (Å²) in [6.45, 7) is 1.98. The molecule has 154 valence electrons. The summed E-state index contributed by atoms with van der Waals surface area (Å²) in [6.07, 6.45) is 0. The molecule has 0 unspecified atom stereocenters. The first-order valence-corrected chi connectivity index (χ1v) is 9.95. The summed E-state index contributed by atoms with van der Waals surface area (Å²) >= 11 is 0. The number of benzene rings is 2. The first-order chi connectivity index (χ1) is 14.5. The molecule has 30 heavy (non-hydrogen) atoms. The number of fused-ring (bicyclic) bond motifs is 1. The minimum atomic E-state index is -0.245. The SMILES string of the molecule is COc1cccc(C#Cc2ccc([C@H]3[C@@H](CO)N4C(=O)CN(C(C)=O)C[C@H]34)cc2)c1. The molecule has 0 aromatic heterocycles. The van der Waals surface area contributed by atoms with Crippen LogP contribution in [0, 0.1) is 11.8 Å². The summed E-state index contributed by atoms with van der Waals surface area (Å²) in [5.41, 5.74) is 2.79. The number of aliphatic hydroxyl groups excluding tert-OH is 1. The van der Waals surface area contributed by atoms with Gasteiger partial charge in [-0.2, -0.15) is 0 Å². The smallest absolute Gasteiger partial charge is 0.242 e. The second-order valence-corrected chi connectivity index (χ2v) is 7.65. The molecule has 4 rings (SSSR count). The van der Waals surface area contributed by atoms with E-state index in [4.69, 9.17) is 4.74 Å². The summed E-state index contributed by atoms with van der Waals surface area (Å²) in [4.78, 5) is 27.5. The number of amides is 2. The zero-order valence-electron chi connectivity index (χ0n) is 17.0. The van der Waals surface area contributed by atoms with Gasteiger partial charge in [0.15, 0.2) is 0 Å². The highest BCUT2D eigenvalue weighted by molar-refractivity contribution is 5.87. The van der Waals surface area contributed by atoms with Crippen LogP contribution in [0.25, 0.3) is 0 Å². The van der Waals surface area contributed by atoms with E-state index in [1.807, 2.05) is 48.5 Å². The van der Waals surface area contributed by atoms with Gasteiger partial charge in [-0.05, 0) is 35.9 Å². The fraction of sp³-hybridized carbons (Fsp3) is 0.333. The van der Waals surface area contributed by atoms with Gasteiger partial charge in [0.05, 0.1) is 32.3 Å². The van der Waals surface area contributed by atoms with E-state index in [0.717, 1.165) is 22.4 Å². The van der Waals surface area contributed by atoms with Crippen LogP contribution in [0.4, 0.5) is 0 Å². The zero-order chi connectivity index (χ0) is 21.3. The van der Waals surface area contributed by atoms with Gasteiger partial charge in [-0.3, -0.25) is 9.59 Å². The summed E-state index contributed by atoms with van der Waals surface area (Å²) in [6, 6.07) is 15.2.